The summed E-state index contributed by atoms with van der Waals surface area (Å²) < 4.78 is 51.8. The van der Waals surface area contributed by atoms with Crippen LogP contribution < -0.4 is 14.4 Å². The molecule has 1 aromatic heterocycles. The van der Waals surface area contributed by atoms with E-state index in [1.807, 2.05) is 24.3 Å². The molecule has 0 bridgehead atoms. The molecule has 2 heterocycles. The number of hydrogen-bond donors (Lipinski definition) is 0. The lowest BCUT2D eigenvalue weighted by molar-refractivity contribution is -0.152. The van der Waals surface area contributed by atoms with E-state index >= 15 is 0 Å². The number of piperidine rings is 1. The van der Waals surface area contributed by atoms with E-state index in [4.69, 9.17) is 9.47 Å². The summed E-state index contributed by atoms with van der Waals surface area (Å²) in [6.45, 7) is 0.619. The van der Waals surface area contributed by atoms with Gasteiger partial charge in [-0.05, 0) is 65.6 Å². The monoisotopic (exact) mass is 492 g/mol. The predicted octanol–water partition coefficient (Wildman–Crippen LogP) is 5.20. The van der Waals surface area contributed by atoms with Gasteiger partial charge in [-0.2, -0.15) is 18.2 Å². The number of pyridine rings is 1. The van der Waals surface area contributed by atoms with Crippen molar-refractivity contribution in [3.8, 4) is 11.6 Å². The summed E-state index contributed by atoms with van der Waals surface area (Å²) in [5.74, 6) is 1.38. The topological polar surface area (TPSA) is 34.6 Å². The molecule has 3 rings (SSSR count). The first-order chi connectivity index (χ1) is 12.9. The smallest absolute Gasteiger partial charge is 0.408 e. The van der Waals surface area contributed by atoms with E-state index in [2.05, 4.69) is 27.6 Å². The highest BCUT2D eigenvalue weighted by Crippen LogP contribution is 2.35. The van der Waals surface area contributed by atoms with Crippen molar-refractivity contribution in [1.29, 1.82) is 0 Å². The standard InChI is InChI=1S/C19H20F3IN2O2/c1-26-15-7-5-13(6-8-15)12-27-18-11-14(23)10-17(24-18)25-9-3-2-4-16(25)19(20,21)22/h5-8,10-11,16H,2-4,9,12H2,1H3/t16-/m1/s1. The highest BCUT2D eigenvalue weighted by atomic mass is 127. The van der Waals surface area contributed by atoms with Gasteiger partial charge >= 0.3 is 6.18 Å². The number of anilines is 1. The van der Waals surface area contributed by atoms with Crippen LogP contribution in [0.1, 0.15) is 24.8 Å². The Bertz CT molecular complexity index is 769. The minimum atomic E-state index is -4.27. The highest BCUT2D eigenvalue weighted by Gasteiger charge is 2.45. The second kappa shape index (κ2) is 8.53. The fourth-order valence-corrected chi connectivity index (χ4v) is 3.65. The zero-order valence-electron chi connectivity index (χ0n) is 14.8. The molecule has 1 fully saturated rings. The van der Waals surface area contributed by atoms with Crippen molar-refractivity contribution in [2.24, 2.45) is 0 Å². The van der Waals surface area contributed by atoms with Gasteiger partial charge in [0.2, 0.25) is 5.88 Å². The van der Waals surface area contributed by atoms with E-state index in [9.17, 15) is 13.2 Å². The van der Waals surface area contributed by atoms with Crippen LogP contribution >= 0.6 is 22.6 Å². The number of methoxy groups -OCH3 is 1. The molecule has 0 aliphatic carbocycles. The van der Waals surface area contributed by atoms with Crippen molar-refractivity contribution in [2.45, 2.75) is 38.1 Å². The van der Waals surface area contributed by atoms with E-state index in [1.165, 1.54) is 4.90 Å². The molecule has 27 heavy (non-hydrogen) atoms. The number of rotatable bonds is 5. The van der Waals surface area contributed by atoms with Gasteiger partial charge in [0.25, 0.3) is 0 Å². The second-order valence-corrected chi connectivity index (χ2v) is 7.61. The Hall–Kier alpha value is -1.71. The van der Waals surface area contributed by atoms with Crippen LogP contribution in [-0.4, -0.2) is 30.9 Å². The van der Waals surface area contributed by atoms with Crippen molar-refractivity contribution in [3.63, 3.8) is 0 Å². The normalized spacial score (nSPS) is 17.7. The Morgan fingerprint density at radius 1 is 1.19 bits per heavy atom. The SMILES string of the molecule is COc1ccc(COc2cc(I)cc(N3CCCC[C@@H]3C(F)(F)F)n2)cc1. The lowest BCUT2D eigenvalue weighted by atomic mass is 10.0. The van der Waals surface area contributed by atoms with Crippen LogP contribution in [0.2, 0.25) is 0 Å². The van der Waals surface area contributed by atoms with Crippen molar-refractivity contribution < 1.29 is 22.6 Å². The summed E-state index contributed by atoms with van der Waals surface area (Å²) in [5, 5.41) is 0. The Labute approximate surface area is 169 Å². The van der Waals surface area contributed by atoms with Gasteiger partial charge in [-0.1, -0.05) is 12.1 Å². The molecule has 2 aromatic rings. The summed E-state index contributed by atoms with van der Waals surface area (Å²) in [6.07, 6.45) is -2.88. The molecule has 0 saturated carbocycles. The van der Waals surface area contributed by atoms with E-state index < -0.39 is 12.2 Å². The van der Waals surface area contributed by atoms with Crippen LogP contribution in [0, 0.1) is 3.57 Å². The molecular formula is C19H20F3IN2O2. The maximum absolute atomic E-state index is 13.4. The molecule has 8 heteroatoms. The number of nitrogens with zero attached hydrogens (tertiary/aromatic N) is 2. The fraction of sp³-hybridized carbons (Fsp3) is 0.421. The predicted molar refractivity (Wildman–Crippen MR) is 105 cm³/mol. The first kappa shape index (κ1) is 20.0. The highest BCUT2D eigenvalue weighted by molar-refractivity contribution is 14.1. The number of ether oxygens (including phenoxy) is 2. The van der Waals surface area contributed by atoms with Gasteiger partial charge in [-0.3, -0.25) is 0 Å². The minimum Gasteiger partial charge on any atom is -0.497 e. The minimum absolute atomic E-state index is 0.0959. The van der Waals surface area contributed by atoms with Crippen molar-refractivity contribution in [2.75, 3.05) is 18.6 Å². The first-order valence-corrected chi connectivity index (χ1v) is 9.71. The van der Waals surface area contributed by atoms with Gasteiger partial charge < -0.3 is 14.4 Å². The van der Waals surface area contributed by atoms with E-state index in [1.54, 1.807) is 19.2 Å². The molecule has 1 aliphatic heterocycles. The molecule has 4 nitrogen and oxygen atoms in total. The van der Waals surface area contributed by atoms with Gasteiger partial charge in [0.15, 0.2) is 0 Å². The first-order valence-electron chi connectivity index (χ1n) is 8.63. The van der Waals surface area contributed by atoms with E-state index in [-0.39, 0.29) is 13.0 Å². The number of aromatic nitrogens is 1. The van der Waals surface area contributed by atoms with Crippen molar-refractivity contribution in [3.05, 3.63) is 45.5 Å². The molecule has 1 atom stereocenters. The summed E-state index contributed by atoms with van der Waals surface area (Å²) in [7, 11) is 1.59. The van der Waals surface area contributed by atoms with Crippen molar-refractivity contribution in [1.82, 2.24) is 4.98 Å². The molecule has 0 amide bonds. The maximum atomic E-state index is 13.4. The molecule has 0 radical (unpaired) electrons. The van der Waals surface area contributed by atoms with Crippen LogP contribution in [0.5, 0.6) is 11.6 Å². The molecule has 1 aromatic carbocycles. The number of halogens is 4. The van der Waals surface area contributed by atoms with Crippen molar-refractivity contribution >= 4 is 28.4 Å². The van der Waals surface area contributed by atoms with Gasteiger partial charge in [0.05, 0.1) is 7.11 Å². The Morgan fingerprint density at radius 2 is 1.93 bits per heavy atom. The fourth-order valence-electron chi connectivity index (χ4n) is 3.11. The van der Waals surface area contributed by atoms with Gasteiger partial charge in [0, 0.05) is 16.2 Å². The third kappa shape index (κ3) is 5.18. The number of benzene rings is 1. The van der Waals surface area contributed by atoms with Crippen LogP contribution in [-0.2, 0) is 6.61 Å². The van der Waals surface area contributed by atoms with Crippen LogP contribution in [0.25, 0.3) is 0 Å². The summed E-state index contributed by atoms with van der Waals surface area (Å²) >= 11 is 2.07. The lowest BCUT2D eigenvalue weighted by Gasteiger charge is -2.37. The van der Waals surface area contributed by atoms with E-state index in [0.29, 0.717) is 24.7 Å². The molecular weight excluding hydrogens is 472 g/mol. The summed E-state index contributed by atoms with van der Waals surface area (Å²) in [4.78, 5) is 5.70. The second-order valence-electron chi connectivity index (χ2n) is 6.37. The average molecular weight is 492 g/mol. The van der Waals surface area contributed by atoms with Gasteiger partial charge in [-0.15, -0.1) is 0 Å². The molecule has 0 unspecified atom stereocenters. The van der Waals surface area contributed by atoms with Gasteiger partial charge in [0.1, 0.15) is 24.2 Å². The molecule has 0 N–H and O–H groups in total. The van der Waals surface area contributed by atoms with Crippen LogP contribution in [0.15, 0.2) is 36.4 Å². The van der Waals surface area contributed by atoms with Crippen LogP contribution in [0.3, 0.4) is 0 Å². The number of hydrogen-bond acceptors (Lipinski definition) is 4. The lowest BCUT2D eigenvalue weighted by Crippen LogP contribution is -2.49. The largest absolute Gasteiger partial charge is 0.497 e. The molecule has 0 spiro atoms. The molecule has 1 aliphatic rings. The Balaban J connectivity index is 1.76. The zero-order valence-corrected chi connectivity index (χ0v) is 17.0. The Kier molecular flexibility index (Phi) is 6.33. The maximum Gasteiger partial charge on any atom is 0.408 e. The van der Waals surface area contributed by atoms with Crippen LogP contribution in [0.4, 0.5) is 19.0 Å². The number of alkyl halides is 3. The third-order valence-corrected chi connectivity index (χ3v) is 5.10. The zero-order chi connectivity index (χ0) is 19.4. The quantitative estimate of drug-likeness (QED) is 0.538. The summed E-state index contributed by atoms with van der Waals surface area (Å²) in [5.41, 5.74) is 0.921. The molecule has 146 valence electrons. The molecule has 1 saturated heterocycles. The Morgan fingerprint density at radius 3 is 2.59 bits per heavy atom. The summed E-state index contributed by atoms with van der Waals surface area (Å²) in [6, 6.07) is 9.30. The third-order valence-electron chi connectivity index (χ3n) is 4.47. The van der Waals surface area contributed by atoms with E-state index in [0.717, 1.165) is 21.3 Å². The van der Waals surface area contributed by atoms with Gasteiger partial charge in [-0.25, -0.2) is 0 Å². The average Bonchev–Trinajstić information content (AvgIpc) is 2.66.